The van der Waals surface area contributed by atoms with E-state index in [0.717, 1.165) is 42.1 Å². The van der Waals surface area contributed by atoms with E-state index in [1.165, 1.54) is 5.56 Å². The molecule has 5 heteroatoms. The molecule has 2 heterocycles. The maximum absolute atomic E-state index is 5.84. The van der Waals surface area contributed by atoms with Crippen LogP contribution in [0.2, 0.25) is 0 Å². The summed E-state index contributed by atoms with van der Waals surface area (Å²) in [6.07, 6.45) is 5.60. The molecule has 2 aromatic rings. The van der Waals surface area contributed by atoms with Crippen LogP contribution in [0.15, 0.2) is 30.6 Å². The Bertz CT molecular complexity index is 597. The maximum Gasteiger partial charge on any atom is 0.127 e. The molecule has 0 saturated carbocycles. The largest absolute Gasteiger partial charge is 0.493 e. The summed E-state index contributed by atoms with van der Waals surface area (Å²) >= 11 is 0. The molecule has 0 spiro atoms. The first kappa shape index (κ1) is 13.0. The maximum atomic E-state index is 5.84. The Labute approximate surface area is 118 Å². The number of benzene rings is 1. The van der Waals surface area contributed by atoms with Gasteiger partial charge in [0, 0.05) is 11.8 Å². The van der Waals surface area contributed by atoms with Crippen LogP contribution in [-0.4, -0.2) is 16.6 Å². The van der Waals surface area contributed by atoms with E-state index in [2.05, 4.69) is 21.5 Å². The molecule has 1 aromatic carbocycles. The highest BCUT2D eigenvalue weighted by molar-refractivity contribution is 5.46. The quantitative estimate of drug-likeness (QED) is 0.655. The number of hydrogen-bond donors (Lipinski definition) is 2. The van der Waals surface area contributed by atoms with Crippen molar-refractivity contribution in [1.29, 1.82) is 0 Å². The molecule has 1 atom stereocenters. The van der Waals surface area contributed by atoms with Crippen molar-refractivity contribution in [3.8, 4) is 5.75 Å². The summed E-state index contributed by atoms with van der Waals surface area (Å²) < 4.78 is 5.84. The van der Waals surface area contributed by atoms with Crippen molar-refractivity contribution in [2.75, 3.05) is 6.61 Å². The van der Waals surface area contributed by atoms with Crippen LogP contribution in [-0.2, 0) is 6.42 Å². The van der Waals surface area contributed by atoms with Gasteiger partial charge in [0.05, 0.1) is 30.2 Å². The zero-order valence-corrected chi connectivity index (χ0v) is 11.5. The first-order valence-electron chi connectivity index (χ1n) is 6.79. The van der Waals surface area contributed by atoms with Gasteiger partial charge in [0.2, 0.25) is 0 Å². The number of hydrazine groups is 1. The van der Waals surface area contributed by atoms with Gasteiger partial charge in [-0.05, 0) is 25.3 Å². The van der Waals surface area contributed by atoms with Crippen LogP contribution in [0.3, 0.4) is 0 Å². The Kier molecular flexibility index (Phi) is 3.62. The van der Waals surface area contributed by atoms with Gasteiger partial charge >= 0.3 is 0 Å². The van der Waals surface area contributed by atoms with E-state index < -0.39 is 0 Å². The third-order valence-corrected chi connectivity index (χ3v) is 3.54. The zero-order valence-electron chi connectivity index (χ0n) is 11.5. The summed E-state index contributed by atoms with van der Waals surface area (Å²) in [5.74, 6) is 6.67. The van der Waals surface area contributed by atoms with Crippen LogP contribution in [0.1, 0.15) is 35.0 Å². The first-order chi connectivity index (χ1) is 9.79. The van der Waals surface area contributed by atoms with Crippen molar-refractivity contribution in [3.05, 3.63) is 53.1 Å². The highest BCUT2D eigenvalue weighted by atomic mass is 16.5. The predicted molar refractivity (Wildman–Crippen MR) is 76.2 cm³/mol. The lowest BCUT2D eigenvalue weighted by molar-refractivity contribution is 0.283. The van der Waals surface area contributed by atoms with Crippen molar-refractivity contribution in [2.24, 2.45) is 5.84 Å². The van der Waals surface area contributed by atoms with Gasteiger partial charge in [-0.15, -0.1) is 0 Å². The molecule has 5 nitrogen and oxygen atoms in total. The Hall–Kier alpha value is -1.98. The van der Waals surface area contributed by atoms with E-state index in [1.807, 2.05) is 19.1 Å². The molecule has 104 valence electrons. The standard InChI is InChI=1S/C15H18N4O/c1-10-8-18-13(9-17-10)14(19-16)12-6-2-4-11-5-3-7-20-15(11)12/h2,4,6,8-9,14,19H,3,5,7,16H2,1H3. The van der Waals surface area contributed by atoms with E-state index in [1.54, 1.807) is 12.4 Å². The summed E-state index contributed by atoms with van der Waals surface area (Å²) in [5, 5.41) is 0. The van der Waals surface area contributed by atoms with Gasteiger partial charge in [-0.3, -0.25) is 15.8 Å². The third-order valence-electron chi connectivity index (χ3n) is 3.54. The molecule has 20 heavy (non-hydrogen) atoms. The zero-order chi connectivity index (χ0) is 13.9. The molecule has 0 bridgehead atoms. The molecule has 1 aliphatic heterocycles. The fourth-order valence-electron chi connectivity index (χ4n) is 2.53. The Morgan fingerprint density at radius 3 is 2.95 bits per heavy atom. The monoisotopic (exact) mass is 270 g/mol. The van der Waals surface area contributed by atoms with Gasteiger partial charge in [-0.2, -0.15) is 0 Å². The highest BCUT2D eigenvalue weighted by Gasteiger charge is 2.22. The Morgan fingerprint density at radius 2 is 2.20 bits per heavy atom. The van der Waals surface area contributed by atoms with Crippen LogP contribution in [0.5, 0.6) is 5.75 Å². The molecule has 3 N–H and O–H groups in total. The first-order valence-corrected chi connectivity index (χ1v) is 6.79. The fraction of sp³-hybridized carbons (Fsp3) is 0.333. The van der Waals surface area contributed by atoms with Gasteiger partial charge in [0.15, 0.2) is 0 Å². The van der Waals surface area contributed by atoms with Gasteiger partial charge in [-0.25, -0.2) is 5.43 Å². The van der Waals surface area contributed by atoms with Crippen LogP contribution >= 0.6 is 0 Å². The van der Waals surface area contributed by atoms with Crippen molar-refractivity contribution in [3.63, 3.8) is 0 Å². The van der Waals surface area contributed by atoms with Crippen LogP contribution in [0.25, 0.3) is 0 Å². The third kappa shape index (κ3) is 2.37. The van der Waals surface area contributed by atoms with Gasteiger partial charge in [-0.1, -0.05) is 18.2 Å². The lowest BCUT2D eigenvalue weighted by atomic mass is 9.97. The van der Waals surface area contributed by atoms with Crippen LogP contribution in [0, 0.1) is 6.92 Å². The molecule has 1 aliphatic rings. The summed E-state index contributed by atoms with van der Waals surface area (Å²) in [6.45, 7) is 2.66. The summed E-state index contributed by atoms with van der Waals surface area (Å²) in [4.78, 5) is 8.70. The summed E-state index contributed by atoms with van der Waals surface area (Å²) in [6, 6.07) is 5.95. The normalized spacial score (nSPS) is 15.3. The number of aryl methyl sites for hydroxylation is 2. The predicted octanol–water partition coefficient (Wildman–Crippen LogP) is 1.66. The second-order valence-electron chi connectivity index (χ2n) is 4.97. The van der Waals surface area contributed by atoms with Gasteiger partial charge in [0.1, 0.15) is 5.75 Å². The molecule has 1 unspecified atom stereocenters. The van der Waals surface area contributed by atoms with E-state index in [4.69, 9.17) is 10.6 Å². The van der Waals surface area contributed by atoms with E-state index in [-0.39, 0.29) is 6.04 Å². The number of para-hydroxylation sites is 1. The number of rotatable bonds is 3. The van der Waals surface area contributed by atoms with Crippen LogP contribution < -0.4 is 16.0 Å². The topological polar surface area (TPSA) is 73.1 Å². The van der Waals surface area contributed by atoms with Crippen molar-refractivity contribution in [2.45, 2.75) is 25.8 Å². The van der Waals surface area contributed by atoms with Crippen molar-refractivity contribution < 1.29 is 4.74 Å². The van der Waals surface area contributed by atoms with Crippen molar-refractivity contribution in [1.82, 2.24) is 15.4 Å². The molecule has 0 fully saturated rings. The minimum atomic E-state index is -0.212. The van der Waals surface area contributed by atoms with Crippen molar-refractivity contribution >= 4 is 0 Å². The number of fused-ring (bicyclic) bond motifs is 1. The molecular formula is C15H18N4O. The SMILES string of the molecule is Cc1cnc(C(NN)c2cccc3c2OCCC3)cn1. The summed E-state index contributed by atoms with van der Waals surface area (Å²) in [5.41, 5.74) is 6.75. The number of nitrogens with one attached hydrogen (secondary N) is 1. The summed E-state index contributed by atoms with van der Waals surface area (Å²) in [7, 11) is 0. The molecule has 0 amide bonds. The molecule has 0 aliphatic carbocycles. The lowest BCUT2D eigenvalue weighted by Crippen LogP contribution is -2.30. The minimum Gasteiger partial charge on any atom is -0.493 e. The number of ether oxygens (including phenoxy) is 1. The average Bonchev–Trinajstić information content (AvgIpc) is 2.50. The lowest BCUT2D eigenvalue weighted by Gasteiger charge is -2.24. The van der Waals surface area contributed by atoms with Crippen LogP contribution in [0.4, 0.5) is 0 Å². The Morgan fingerprint density at radius 1 is 1.30 bits per heavy atom. The molecule has 1 aromatic heterocycles. The number of aromatic nitrogens is 2. The van der Waals surface area contributed by atoms with Gasteiger partial charge in [0.25, 0.3) is 0 Å². The molecular weight excluding hydrogens is 252 g/mol. The van der Waals surface area contributed by atoms with Gasteiger partial charge < -0.3 is 4.74 Å². The number of nitrogens with two attached hydrogens (primary N) is 1. The van der Waals surface area contributed by atoms with E-state index in [9.17, 15) is 0 Å². The molecule has 3 rings (SSSR count). The highest BCUT2D eigenvalue weighted by Crippen LogP contribution is 2.34. The number of nitrogens with zero attached hydrogens (tertiary/aromatic N) is 2. The average molecular weight is 270 g/mol. The number of hydrogen-bond acceptors (Lipinski definition) is 5. The van der Waals surface area contributed by atoms with E-state index >= 15 is 0 Å². The molecule has 0 saturated heterocycles. The molecule has 0 radical (unpaired) electrons. The second kappa shape index (κ2) is 5.56. The Balaban J connectivity index is 2.03. The van der Waals surface area contributed by atoms with E-state index in [0.29, 0.717) is 0 Å². The fourth-order valence-corrected chi connectivity index (χ4v) is 2.53. The minimum absolute atomic E-state index is 0.212. The second-order valence-corrected chi connectivity index (χ2v) is 4.97. The smallest absolute Gasteiger partial charge is 0.127 e.